The van der Waals surface area contributed by atoms with Crippen molar-refractivity contribution < 1.29 is 4.74 Å². The molecule has 1 aromatic rings. The van der Waals surface area contributed by atoms with Crippen molar-refractivity contribution in [1.29, 1.82) is 0 Å². The van der Waals surface area contributed by atoms with E-state index in [0.717, 1.165) is 15.9 Å². The van der Waals surface area contributed by atoms with Crippen molar-refractivity contribution in [3.05, 3.63) is 22.7 Å². The molecule has 1 fully saturated rings. The van der Waals surface area contributed by atoms with Crippen molar-refractivity contribution in [2.24, 2.45) is 5.41 Å². The summed E-state index contributed by atoms with van der Waals surface area (Å²) in [7, 11) is 1.73. The van der Waals surface area contributed by atoms with Crippen LogP contribution in [0.3, 0.4) is 0 Å². The monoisotopic (exact) mass is 325 g/mol. The lowest BCUT2D eigenvalue weighted by Crippen LogP contribution is -2.19. The van der Waals surface area contributed by atoms with Crippen LogP contribution in [0.2, 0.25) is 0 Å². The summed E-state index contributed by atoms with van der Waals surface area (Å²) in [6.45, 7) is 4.77. The van der Waals surface area contributed by atoms with Gasteiger partial charge in [-0.05, 0) is 49.3 Å². The van der Waals surface area contributed by atoms with E-state index in [4.69, 9.17) is 4.74 Å². The van der Waals surface area contributed by atoms with Crippen LogP contribution in [-0.4, -0.2) is 13.2 Å². The number of ether oxygens (including phenoxy) is 1. The van der Waals surface area contributed by atoms with E-state index in [1.165, 1.54) is 32.1 Å². The van der Waals surface area contributed by atoms with Gasteiger partial charge in [0.05, 0.1) is 12.8 Å². The number of methoxy groups -OCH3 is 1. The van der Waals surface area contributed by atoms with Gasteiger partial charge in [-0.1, -0.05) is 36.2 Å². The predicted molar refractivity (Wildman–Crippen MR) is 85.0 cm³/mol. The van der Waals surface area contributed by atoms with E-state index in [2.05, 4.69) is 41.2 Å². The average molecular weight is 326 g/mol. The highest BCUT2D eigenvalue weighted by Gasteiger charge is 2.24. The highest BCUT2D eigenvalue weighted by Crippen LogP contribution is 2.36. The Morgan fingerprint density at radius 1 is 1.26 bits per heavy atom. The van der Waals surface area contributed by atoms with Crippen molar-refractivity contribution in [2.45, 2.75) is 52.0 Å². The van der Waals surface area contributed by atoms with Gasteiger partial charge in [0.2, 0.25) is 0 Å². The highest BCUT2D eigenvalue weighted by molar-refractivity contribution is 9.10. The van der Waals surface area contributed by atoms with E-state index >= 15 is 0 Å². The van der Waals surface area contributed by atoms with Gasteiger partial charge in [0.25, 0.3) is 0 Å². The van der Waals surface area contributed by atoms with E-state index in [-0.39, 0.29) is 0 Å². The molecule has 0 saturated heterocycles. The van der Waals surface area contributed by atoms with Gasteiger partial charge < -0.3 is 10.1 Å². The normalized spacial score (nSPS) is 22.6. The van der Waals surface area contributed by atoms with E-state index in [1.807, 2.05) is 12.1 Å². The third-order valence-electron chi connectivity index (χ3n) is 4.10. The summed E-state index contributed by atoms with van der Waals surface area (Å²) in [5.41, 5.74) is 1.60. The Bertz CT molecular complexity index is 431. The topological polar surface area (TPSA) is 21.3 Å². The number of halogens is 1. The molecular weight excluding hydrogens is 302 g/mol. The van der Waals surface area contributed by atoms with Crippen LogP contribution in [0, 0.1) is 5.41 Å². The first-order valence-electron chi connectivity index (χ1n) is 7.10. The minimum atomic E-state index is 0.498. The summed E-state index contributed by atoms with van der Waals surface area (Å²) in [4.78, 5) is 0. The predicted octanol–water partition coefficient (Wildman–Crippen LogP) is 5.23. The fraction of sp³-hybridized carbons (Fsp3) is 0.625. The summed E-state index contributed by atoms with van der Waals surface area (Å²) >= 11 is 3.53. The zero-order chi connectivity index (χ0) is 13.9. The maximum Gasteiger partial charge on any atom is 0.142 e. The fourth-order valence-electron chi connectivity index (χ4n) is 2.82. The smallest absolute Gasteiger partial charge is 0.142 e. The van der Waals surface area contributed by atoms with E-state index in [1.54, 1.807) is 7.11 Å². The first-order valence-corrected chi connectivity index (χ1v) is 7.89. The van der Waals surface area contributed by atoms with Crippen molar-refractivity contribution in [2.75, 3.05) is 12.4 Å². The third-order valence-corrected chi connectivity index (χ3v) is 4.59. The first-order chi connectivity index (χ1) is 9.00. The van der Waals surface area contributed by atoms with Crippen molar-refractivity contribution >= 4 is 21.6 Å². The second-order valence-electron chi connectivity index (χ2n) is 6.28. The van der Waals surface area contributed by atoms with Gasteiger partial charge in [0.1, 0.15) is 5.75 Å². The number of benzene rings is 1. The lowest BCUT2D eigenvalue weighted by molar-refractivity contribution is 0.313. The van der Waals surface area contributed by atoms with Crippen LogP contribution >= 0.6 is 15.9 Å². The molecule has 1 aromatic carbocycles. The molecule has 1 aliphatic rings. The lowest BCUT2D eigenvalue weighted by Gasteiger charge is -2.23. The molecule has 1 saturated carbocycles. The molecule has 2 rings (SSSR count). The molecule has 0 bridgehead atoms. The van der Waals surface area contributed by atoms with Crippen molar-refractivity contribution in [3.8, 4) is 5.75 Å². The SMILES string of the molecule is COc1ccc(Br)cc1NC1CCCC(C)(C)CC1. The van der Waals surface area contributed by atoms with Crippen LogP contribution < -0.4 is 10.1 Å². The van der Waals surface area contributed by atoms with Crippen molar-refractivity contribution in [1.82, 2.24) is 0 Å². The molecule has 1 atom stereocenters. The van der Waals surface area contributed by atoms with Gasteiger partial charge in [-0.25, -0.2) is 0 Å². The molecule has 0 amide bonds. The Hall–Kier alpha value is -0.700. The fourth-order valence-corrected chi connectivity index (χ4v) is 3.18. The van der Waals surface area contributed by atoms with Crippen LogP contribution in [0.25, 0.3) is 0 Å². The van der Waals surface area contributed by atoms with Gasteiger partial charge in [-0.2, -0.15) is 0 Å². The Balaban J connectivity index is 2.06. The molecule has 1 unspecified atom stereocenters. The second kappa shape index (κ2) is 6.17. The molecule has 3 heteroatoms. The zero-order valence-electron chi connectivity index (χ0n) is 12.1. The number of nitrogens with one attached hydrogen (secondary N) is 1. The number of rotatable bonds is 3. The summed E-state index contributed by atoms with van der Waals surface area (Å²) in [5, 5.41) is 3.66. The lowest BCUT2D eigenvalue weighted by atomic mass is 9.85. The maximum atomic E-state index is 5.43. The van der Waals surface area contributed by atoms with Crippen LogP contribution in [0.15, 0.2) is 22.7 Å². The molecule has 0 heterocycles. The molecule has 0 spiro atoms. The average Bonchev–Trinajstić information content (AvgIpc) is 2.51. The molecule has 2 nitrogen and oxygen atoms in total. The number of hydrogen-bond acceptors (Lipinski definition) is 2. The molecule has 1 N–H and O–H groups in total. The summed E-state index contributed by atoms with van der Waals surface area (Å²) in [6.07, 6.45) is 6.42. The maximum absolute atomic E-state index is 5.43. The highest BCUT2D eigenvalue weighted by atomic mass is 79.9. The zero-order valence-corrected chi connectivity index (χ0v) is 13.7. The summed E-state index contributed by atoms with van der Waals surface area (Å²) in [6, 6.07) is 6.69. The molecule has 0 aliphatic heterocycles. The van der Waals surface area contributed by atoms with Crippen LogP contribution in [0.1, 0.15) is 46.0 Å². The molecule has 0 radical (unpaired) electrons. The minimum Gasteiger partial charge on any atom is -0.495 e. The standard InChI is InChI=1S/C16H24BrNO/c1-16(2)9-4-5-13(8-10-16)18-14-11-12(17)6-7-15(14)19-3/h6-7,11,13,18H,4-5,8-10H2,1-3H3. The molecule has 0 aromatic heterocycles. The number of hydrogen-bond donors (Lipinski definition) is 1. The van der Waals surface area contributed by atoms with Gasteiger partial charge in [-0.15, -0.1) is 0 Å². The Kier molecular flexibility index (Phi) is 4.77. The molecule has 1 aliphatic carbocycles. The number of anilines is 1. The minimum absolute atomic E-state index is 0.498. The Morgan fingerprint density at radius 2 is 2.05 bits per heavy atom. The van der Waals surface area contributed by atoms with E-state index in [9.17, 15) is 0 Å². The van der Waals surface area contributed by atoms with Crippen LogP contribution in [-0.2, 0) is 0 Å². The van der Waals surface area contributed by atoms with Crippen LogP contribution in [0.4, 0.5) is 5.69 Å². The van der Waals surface area contributed by atoms with Gasteiger partial charge >= 0.3 is 0 Å². The van der Waals surface area contributed by atoms with Gasteiger partial charge in [0.15, 0.2) is 0 Å². The molecule has 19 heavy (non-hydrogen) atoms. The summed E-state index contributed by atoms with van der Waals surface area (Å²) in [5.74, 6) is 0.923. The Morgan fingerprint density at radius 3 is 2.79 bits per heavy atom. The van der Waals surface area contributed by atoms with Crippen molar-refractivity contribution in [3.63, 3.8) is 0 Å². The van der Waals surface area contributed by atoms with E-state index in [0.29, 0.717) is 11.5 Å². The van der Waals surface area contributed by atoms with Crippen LogP contribution in [0.5, 0.6) is 5.75 Å². The second-order valence-corrected chi connectivity index (χ2v) is 7.20. The third kappa shape index (κ3) is 4.13. The van der Waals surface area contributed by atoms with Gasteiger partial charge in [-0.3, -0.25) is 0 Å². The van der Waals surface area contributed by atoms with Gasteiger partial charge in [0, 0.05) is 10.5 Å². The Labute approximate surface area is 125 Å². The summed E-state index contributed by atoms with van der Waals surface area (Å²) < 4.78 is 6.52. The largest absolute Gasteiger partial charge is 0.495 e. The quantitative estimate of drug-likeness (QED) is 0.768. The van der Waals surface area contributed by atoms with E-state index < -0.39 is 0 Å². The first kappa shape index (κ1) is 14.7. The molecular formula is C16H24BrNO. The molecule has 106 valence electrons.